The molecule has 0 unspecified atom stereocenters. The van der Waals surface area contributed by atoms with Gasteiger partial charge in [-0.05, 0) is 93.1 Å². The second-order valence-corrected chi connectivity index (χ2v) is 10.0. The first-order valence-electron chi connectivity index (χ1n) is 11.8. The lowest BCUT2D eigenvalue weighted by Crippen LogP contribution is -2.30. The number of hydrogen-bond acceptors (Lipinski definition) is 1. The van der Waals surface area contributed by atoms with Gasteiger partial charge in [0.25, 0.3) is 0 Å². The summed E-state index contributed by atoms with van der Waals surface area (Å²) in [6.07, 6.45) is 16.0. The average molecular weight is 372 g/mol. The second-order valence-electron chi connectivity index (χ2n) is 10.0. The fourth-order valence-corrected chi connectivity index (χ4v) is 4.24. The molecule has 1 aliphatic heterocycles. The van der Waals surface area contributed by atoms with Gasteiger partial charge in [-0.3, -0.25) is 0 Å². The van der Waals surface area contributed by atoms with Crippen molar-refractivity contribution >= 4 is 0 Å². The fraction of sp³-hybridized carbons (Fsp3) is 0.769. The minimum atomic E-state index is 0.422. The van der Waals surface area contributed by atoms with Crippen LogP contribution in [0.1, 0.15) is 102 Å². The lowest BCUT2D eigenvalue weighted by atomic mass is 9.87. The molecule has 1 aromatic rings. The zero-order chi connectivity index (χ0) is 19.5. The molecule has 27 heavy (non-hydrogen) atoms. The van der Waals surface area contributed by atoms with E-state index < -0.39 is 0 Å². The van der Waals surface area contributed by atoms with Gasteiger partial charge in [-0.1, -0.05) is 71.6 Å². The largest absolute Gasteiger partial charge is 0.303 e. The van der Waals surface area contributed by atoms with Crippen LogP contribution in [0, 0.1) is 5.41 Å². The molecule has 1 fully saturated rings. The molecule has 1 nitrogen and oxygen atoms in total. The van der Waals surface area contributed by atoms with Gasteiger partial charge in [-0.25, -0.2) is 0 Å². The summed E-state index contributed by atoms with van der Waals surface area (Å²) in [4.78, 5) is 2.68. The molecule has 0 saturated carbocycles. The molecule has 1 heterocycles. The summed E-state index contributed by atoms with van der Waals surface area (Å²) in [6.45, 7) is 13.3. The lowest BCUT2D eigenvalue weighted by molar-refractivity contribution is 0.226. The van der Waals surface area contributed by atoms with E-state index in [2.05, 4.69) is 50.8 Å². The highest BCUT2D eigenvalue weighted by molar-refractivity contribution is 5.31. The van der Waals surface area contributed by atoms with E-state index in [0.29, 0.717) is 5.41 Å². The van der Waals surface area contributed by atoms with Crippen LogP contribution in [0.25, 0.3) is 0 Å². The van der Waals surface area contributed by atoms with Crippen molar-refractivity contribution in [3.8, 4) is 0 Å². The lowest BCUT2D eigenvalue weighted by Gasteiger charge is -2.26. The Morgan fingerprint density at radius 2 is 1.33 bits per heavy atom. The molecule has 0 amide bonds. The molecule has 1 heteroatoms. The summed E-state index contributed by atoms with van der Waals surface area (Å²) in [5.74, 6) is 0. The molecule has 0 aliphatic carbocycles. The smallest absolute Gasteiger partial charge is 0.00156 e. The van der Waals surface area contributed by atoms with Crippen molar-refractivity contribution < 1.29 is 0 Å². The Balaban J connectivity index is 1.92. The highest BCUT2D eigenvalue weighted by atomic mass is 15.1. The van der Waals surface area contributed by atoms with Crippen LogP contribution in [0.4, 0.5) is 0 Å². The predicted octanol–water partition coefficient (Wildman–Crippen LogP) is 7.21. The predicted molar refractivity (Wildman–Crippen MR) is 121 cm³/mol. The molecule has 0 aromatic heterocycles. The molecular weight excluding hydrogens is 326 g/mol. The maximum atomic E-state index is 2.68. The van der Waals surface area contributed by atoms with Gasteiger partial charge in [0.2, 0.25) is 0 Å². The molecular formula is C26H45N. The van der Waals surface area contributed by atoms with Crippen LogP contribution < -0.4 is 0 Å². The van der Waals surface area contributed by atoms with Gasteiger partial charge in [0.1, 0.15) is 0 Å². The molecule has 0 radical (unpaired) electrons. The standard InChI is InChI=1S/C26H45N/c1-5-6-7-9-13-23-20-24(14-12-19-27-17-10-8-11-18-27)22-25(21-23)15-16-26(2,3)4/h20-22H,5-19H2,1-4H3. The summed E-state index contributed by atoms with van der Waals surface area (Å²) in [6, 6.07) is 7.53. The number of piperidine rings is 1. The number of hydrogen-bond donors (Lipinski definition) is 0. The summed E-state index contributed by atoms with van der Waals surface area (Å²) in [5.41, 5.74) is 5.17. The Bertz CT molecular complexity index is 520. The van der Waals surface area contributed by atoms with E-state index in [1.807, 2.05) is 0 Å². The highest BCUT2D eigenvalue weighted by Crippen LogP contribution is 2.23. The van der Waals surface area contributed by atoms with Crippen molar-refractivity contribution in [1.29, 1.82) is 0 Å². The molecule has 1 saturated heterocycles. The van der Waals surface area contributed by atoms with E-state index >= 15 is 0 Å². The van der Waals surface area contributed by atoms with E-state index in [1.165, 1.54) is 96.7 Å². The first-order valence-corrected chi connectivity index (χ1v) is 11.8. The zero-order valence-electron chi connectivity index (χ0n) is 18.8. The number of nitrogens with zero attached hydrogens (tertiary/aromatic N) is 1. The molecule has 2 rings (SSSR count). The number of unbranched alkanes of at least 4 members (excludes halogenated alkanes) is 3. The van der Waals surface area contributed by atoms with Crippen molar-refractivity contribution in [2.75, 3.05) is 19.6 Å². The molecule has 0 atom stereocenters. The van der Waals surface area contributed by atoms with Crippen LogP contribution in [0.15, 0.2) is 18.2 Å². The highest BCUT2D eigenvalue weighted by Gasteiger charge is 2.12. The van der Waals surface area contributed by atoms with Crippen LogP contribution in [-0.4, -0.2) is 24.5 Å². The third kappa shape index (κ3) is 9.79. The Hall–Kier alpha value is -0.820. The summed E-state index contributed by atoms with van der Waals surface area (Å²) in [7, 11) is 0. The minimum Gasteiger partial charge on any atom is -0.303 e. The average Bonchev–Trinajstić information content (AvgIpc) is 2.64. The normalized spacial score (nSPS) is 16.0. The molecule has 1 aliphatic rings. The van der Waals surface area contributed by atoms with Crippen LogP contribution in [-0.2, 0) is 19.3 Å². The maximum absolute atomic E-state index is 2.68. The first kappa shape index (κ1) is 22.5. The van der Waals surface area contributed by atoms with Crippen molar-refractivity contribution in [2.24, 2.45) is 5.41 Å². The Labute approximate surface area is 169 Å². The Kier molecular flexibility index (Phi) is 9.90. The fourth-order valence-electron chi connectivity index (χ4n) is 4.24. The second kappa shape index (κ2) is 11.9. The van der Waals surface area contributed by atoms with E-state index in [4.69, 9.17) is 0 Å². The summed E-state index contributed by atoms with van der Waals surface area (Å²) < 4.78 is 0. The van der Waals surface area contributed by atoms with Crippen molar-refractivity contribution in [1.82, 2.24) is 4.90 Å². The van der Waals surface area contributed by atoms with E-state index in [-0.39, 0.29) is 0 Å². The van der Waals surface area contributed by atoms with E-state index in [0.717, 1.165) is 0 Å². The first-order chi connectivity index (χ1) is 13.0. The number of rotatable bonds is 11. The van der Waals surface area contributed by atoms with Gasteiger partial charge in [0.15, 0.2) is 0 Å². The van der Waals surface area contributed by atoms with Gasteiger partial charge in [-0.15, -0.1) is 0 Å². The van der Waals surface area contributed by atoms with Gasteiger partial charge >= 0.3 is 0 Å². The van der Waals surface area contributed by atoms with Gasteiger partial charge in [-0.2, -0.15) is 0 Å². The topological polar surface area (TPSA) is 3.24 Å². The number of aryl methyl sites for hydroxylation is 3. The molecule has 0 N–H and O–H groups in total. The van der Waals surface area contributed by atoms with Crippen LogP contribution in [0.5, 0.6) is 0 Å². The Morgan fingerprint density at radius 3 is 1.93 bits per heavy atom. The maximum Gasteiger partial charge on any atom is -0.00156 e. The summed E-state index contributed by atoms with van der Waals surface area (Å²) >= 11 is 0. The van der Waals surface area contributed by atoms with Gasteiger partial charge in [0.05, 0.1) is 0 Å². The Morgan fingerprint density at radius 1 is 0.741 bits per heavy atom. The molecule has 154 valence electrons. The monoisotopic (exact) mass is 371 g/mol. The van der Waals surface area contributed by atoms with Crippen LogP contribution in [0.2, 0.25) is 0 Å². The SMILES string of the molecule is CCCCCCc1cc(CCCN2CCCCC2)cc(CCC(C)(C)C)c1. The third-order valence-electron chi connectivity index (χ3n) is 5.98. The van der Waals surface area contributed by atoms with Crippen molar-refractivity contribution in [2.45, 2.75) is 105 Å². The van der Waals surface area contributed by atoms with Gasteiger partial charge < -0.3 is 4.90 Å². The zero-order valence-corrected chi connectivity index (χ0v) is 18.8. The van der Waals surface area contributed by atoms with Gasteiger partial charge in [0, 0.05) is 0 Å². The van der Waals surface area contributed by atoms with E-state index in [9.17, 15) is 0 Å². The molecule has 0 bridgehead atoms. The molecule has 1 aromatic carbocycles. The molecule has 0 spiro atoms. The number of benzene rings is 1. The van der Waals surface area contributed by atoms with Crippen LogP contribution >= 0.6 is 0 Å². The summed E-state index contributed by atoms with van der Waals surface area (Å²) in [5, 5.41) is 0. The quantitative estimate of drug-likeness (QED) is 0.371. The minimum absolute atomic E-state index is 0.422. The van der Waals surface area contributed by atoms with Crippen molar-refractivity contribution in [3.05, 3.63) is 34.9 Å². The van der Waals surface area contributed by atoms with E-state index in [1.54, 1.807) is 16.7 Å². The number of likely N-dealkylation sites (tertiary alicyclic amines) is 1. The van der Waals surface area contributed by atoms with Crippen molar-refractivity contribution in [3.63, 3.8) is 0 Å². The van der Waals surface area contributed by atoms with Crippen LogP contribution in [0.3, 0.4) is 0 Å². The third-order valence-corrected chi connectivity index (χ3v) is 5.98.